The van der Waals surface area contributed by atoms with Gasteiger partial charge < -0.3 is 20.4 Å². The molecule has 0 bridgehead atoms. The molecule has 1 unspecified atom stereocenters. The molecule has 11 atom stereocenters. The fourth-order valence-electron chi connectivity index (χ4n) is 11.0. The normalized spacial score (nSPS) is 57.1. The zero-order chi connectivity index (χ0) is 26.0. The first-order chi connectivity index (χ1) is 16.0. The summed E-state index contributed by atoms with van der Waals surface area (Å²) >= 11 is 0. The summed E-state index contributed by atoms with van der Waals surface area (Å²) in [4.78, 5) is 12.8. The highest BCUT2D eigenvalue weighted by atomic mass is 16.4. The van der Waals surface area contributed by atoms with Crippen LogP contribution in [0.25, 0.3) is 0 Å². The number of rotatable bonds is 1. The monoisotopic (exact) mass is 488 g/mol. The molecule has 4 N–H and O–H groups in total. The standard InChI is InChI=1S/C30H48O5/c1-17-10-13-30(24(33)34)15-14-27(5)18(22(30)29(17,7)35)8-9-21-26(4)16-19(31)23(32)25(2,3)20(26)11-12-28(21,27)6/h8,17,19-23,31-32,35H,9-16H2,1-7H3,(H,33,34)/t17-,19-,20?,21-,22-,23+,26+,27-,28-,29-,30+/m1/s1. The number of carboxylic acid groups (broad SMARTS) is 1. The molecule has 35 heavy (non-hydrogen) atoms. The smallest absolute Gasteiger partial charge is 0.310 e. The topological polar surface area (TPSA) is 98.0 Å². The summed E-state index contributed by atoms with van der Waals surface area (Å²) < 4.78 is 0. The van der Waals surface area contributed by atoms with Crippen LogP contribution in [0.15, 0.2) is 11.6 Å². The Morgan fingerprint density at radius 3 is 2.23 bits per heavy atom. The summed E-state index contributed by atoms with van der Waals surface area (Å²) in [5.74, 6) is -0.394. The molecule has 0 radical (unpaired) electrons. The number of fused-ring (bicyclic) bond motifs is 7. The number of hydrogen-bond donors (Lipinski definition) is 4. The maximum atomic E-state index is 12.8. The summed E-state index contributed by atoms with van der Waals surface area (Å²) in [5.41, 5.74) is -1.46. The van der Waals surface area contributed by atoms with E-state index in [2.05, 4.69) is 47.6 Å². The maximum absolute atomic E-state index is 12.8. The summed E-state index contributed by atoms with van der Waals surface area (Å²) in [6.07, 6.45) is 7.21. The molecule has 0 heterocycles. The number of carboxylic acids is 1. The van der Waals surface area contributed by atoms with Gasteiger partial charge in [-0.15, -0.1) is 0 Å². The third-order valence-electron chi connectivity index (χ3n) is 13.4. The molecule has 0 aromatic rings. The lowest BCUT2D eigenvalue weighted by atomic mass is 9.33. The molecule has 5 aliphatic rings. The van der Waals surface area contributed by atoms with Gasteiger partial charge in [0.05, 0.1) is 23.2 Å². The van der Waals surface area contributed by atoms with E-state index in [9.17, 15) is 25.2 Å². The largest absolute Gasteiger partial charge is 0.481 e. The van der Waals surface area contributed by atoms with Gasteiger partial charge in [0.2, 0.25) is 0 Å². The van der Waals surface area contributed by atoms with Crippen LogP contribution >= 0.6 is 0 Å². The van der Waals surface area contributed by atoms with E-state index in [1.807, 2.05) is 6.92 Å². The Bertz CT molecular complexity index is 952. The Kier molecular flexibility index (Phi) is 5.40. The molecule has 4 fully saturated rings. The van der Waals surface area contributed by atoms with Crippen LogP contribution in [0, 0.1) is 50.7 Å². The summed E-state index contributed by atoms with van der Waals surface area (Å²) in [5, 5.41) is 44.3. The highest BCUT2D eigenvalue weighted by Gasteiger charge is 2.71. The van der Waals surface area contributed by atoms with Crippen molar-refractivity contribution < 1.29 is 25.2 Å². The van der Waals surface area contributed by atoms with E-state index in [1.165, 1.54) is 5.57 Å². The van der Waals surface area contributed by atoms with Gasteiger partial charge in [-0.1, -0.05) is 53.2 Å². The Morgan fingerprint density at radius 1 is 0.943 bits per heavy atom. The van der Waals surface area contributed by atoms with Crippen molar-refractivity contribution in [3.8, 4) is 0 Å². The van der Waals surface area contributed by atoms with E-state index in [1.54, 1.807) is 0 Å². The summed E-state index contributed by atoms with van der Waals surface area (Å²) in [6, 6.07) is 0. The van der Waals surface area contributed by atoms with Gasteiger partial charge in [-0.2, -0.15) is 0 Å². The first kappa shape index (κ1) is 25.7. The average molecular weight is 489 g/mol. The van der Waals surface area contributed by atoms with Gasteiger partial charge in [-0.05, 0) is 97.7 Å². The van der Waals surface area contributed by atoms with Gasteiger partial charge in [0.1, 0.15) is 0 Å². The minimum atomic E-state index is -1.05. The summed E-state index contributed by atoms with van der Waals surface area (Å²) in [7, 11) is 0. The van der Waals surface area contributed by atoms with Gasteiger partial charge in [0.25, 0.3) is 0 Å². The van der Waals surface area contributed by atoms with Crippen LogP contribution in [0.3, 0.4) is 0 Å². The number of aliphatic hydroxyl groups is 3. The van der Waals surface area contributed by atoms with Gasteiger partial charge in [0, 0.05) is 5.92 Å². The first-order valence-electron chi connectivity index (χ1n) is 14.0. The predicted molar refractivity (Wildman–Crippen MR) is 135 cm³/mol. The quantitative estimate of drug-likeness (QED) is 0.382. The van der Waals surface area contributed by atoms with E-state index in [0.29, 0.717) is 31.1 Å². The molecule has 0 aromatic heterocycles. The van der Waals surface area contributed by atoms with Crippen molar-refractivity contribution in [2.45, 2.75) is 118 Å². The van der Waals surface area contributed by atoms with Crippen LogP contribution in [-0.4, -0.2) is 44.2 Å². The van der Waals surface area contributed by atoms with Crippen LogP contribution in [-0.2, 0) is 4.79 Å². The Morgan fingerprint density at radius 2 is 1.60 bits per heavy atom. The lowest BCUT2D eigenvalue weighted by Crippen LogP contribution is -2.68. The number of allylic oxidation sites excluding steroid dienone is 1. The van der Waals surface area contributed by atoms with Crippen molar-refractivity contribution in [1.29, 1.82) is 0 Å². The van der Waals surface area contributed by atoms with Gasteiger partial charge in [-0.3, -0.25) is 4.79 Å². The Hall–Kier alpha value is -0.910. The zero-order valence-electron chi connectivity index (χ0n) is 22.9. The average Bonchev–Trinajstić information content (AvgIpc) is 2.75. The van der Waals surface area contributed by atoms with Crippen molar-refractivity contribution in [3.63, 3.8) is 0 Å². The molecule has 5 rings (SSSR count). The van der Waals surface area contributed by atoms with Crippen LogP contribution in [0.5, 0.6) is 0 Å². The van der Waals surface area contributed by atoms with E-state index in [4.69, 9.17) is 0 Å². The molecule has 198 valence electrons. The molecule has 4 saturated carbocycles. The molecule has 0 spiro atoms. The minimum Gasteiger partial charge on any atom is -0.481 e. The minimum absolute atomic E-state index is 0.0535. The Labute approximate surface area is 211 Å². The molecule has 0 aromatic carbocycles. The molecular weight excluding hydrogens is 440 g/mol. The van der Waals surface area contributed by atoms with Gasteiger partial charge in [-0.25, -0.2) is 0 Å². The van der Waals surface area contributed by atoms with Crippen LogP contribution in [0.1, 0.15) is 99.8 Å². The van der Waals surface area contributed by atoms with Crippen molar-refractivity contribution in [1.82, 2.24) is 0 Å². The van der Waals surface area contributed by atoms with E-state index in [0.717, 1.165) is 32.1 Å². The highest BCUT2D eigenvalue weighted by Crippen LogP contribution is 2.76. The number of aliphatic hydroxyl groups excluding tert-OH is 2. The van der Waals surface area contributed by atoms with Gasteiger partial charge >= 0.3 is 5.97 Å². The molecular formula is C30H48O5. The molecule has 5 nitrogen and oxygen atoms in total. The van der Waals surface area contributed by atoms with Crippen molar-refractivity contribution in [2.24, 2.45) is 50.7 Å². The molecule has 5 heteroatoms. The lowest BCUT2D eigenvalue weighted by molar-refractivity contribution is -0.237. The molecule has 0 amide bonds. The maximum Gasteiger partial charge on any atom is 0.310 e. The van der Waals surface area contributed by atoms with Crippen LogP contribution in [0.2, 0.25) is 0 Å². The predicted octanol–water partition coefficient (Wildman–Crippen LogP) is 5.18. The van der Waals surface area contributed by atoms with Crippen LogP contribution in [0.4, 0.5) is 0 Å². The van der Waals surface area contributed by atoms with E-state index < -0.39 is 29.2 Å². The Balaban J connectivity index is 1.65. The fraction of sp³-hybridized carbons (Fsp3) is 0.900. The highest BCUT2D eigenvalue weighted by molar-refractivity contribution is 5.77. The third kappa shape index (κ3) is 2.90. The van der Waals surface area contributed by atoms with Gasteiger partial charge in [0.15, 0.2) is 0 Å². The third-order valence-corrected chi connectivity index (χ3v) is 13.4. The number of hydrogen-bond acceptors (Lipinski definition) is 4. The molecule has 5 aliphatic carbocycles. The van der Waals surface area contributed by atoms with E-state index in [-0.39, 0.29) is 33.5 Å². The number of aliphatic carboxylic acids is 1. The van der Waals surface area contributed by atoms with Crippen molar-refractivity contribution >= 4 is 5.97 Å². The van der Waals surface area contributed by atoms with Crippen molar-refractivity contribution in [3.05, 3.63) is 11.6 Å². The molecule has 0 aliphatic heterocycles. The van der Waals surface area contributed by atoms with E-state index >= 15 is 0 Å². The second kappa shape index (κ2) is 7.35. The SMILES string of the molecule is C[C@@H]1CC[C@]2(C(=O)O)CC[C@]3(C)C(=CC[C@@H]4[C@@]5(C)C[C@@H](O)[C@H](O)C(C)(C)C5CC[C@]43C)[C@@H]2[C@]1(C)O. The lowest BCUT2D eigenvalue weighted by Gasteiger charge is -2.72. The summed E-state index contributed by atoms with van der Waals surface area (Å²) in [6.45, 7) is 15.3. The second-order valence-electron chi connectivity index (χ2n) is 14.9. The number of carbonyl (C=O) groups is 1. The second-order valence-corrected chi connectivity index (χ2v) is 14.9. The van der Waals surface area contributed by atoms with Crippen molar-refractivity contribution in [2.75, 3.05) is 0 Å². The van der Waals surface area contributed by atoms with Crippen LogP contribution < -0.4 is 0 Å². The fourth-order valence-corrected chi connectivity index (χ4v) is 11.0. The molecule has 0 saturated heterocycles. The first-order valence-corrected chi connectivity index (χ1v) is 14.0. The zero-order valence-corrected chi connectivity index (χ0v) is 22.9.